The quantitative estimate of drug-likeness (QED) is 0.135. The van der Waals surface area contributed by atoms with Gasteiger partial charge in [-0.3, -0.25) is 9.59 Å². The van der Waals surface area contributed by atoms with Crippen LogP contribution >= 0.6 is 0 Å². The molecular weight excluding hydrogens is 472 g/mol. The maximum atomic E-state index is 12.2. The van der Waals surface area contributed by atoms with Gasteiger partial charge in [0.2, 0.25) is 11.8 Å². The molecule has 4 aromatic carbocycles. The van der Waals surface area contributed by atoms with Gasteiger partial charge in [-0.2, -0.15) is 10.2 Å². The Morgan fingerprint density at radius 1 is 0.553 bits per heavy atom. The largest absolute Gasteiger partial charge is 0.273 e. The molecule has 0 bridgehead atoms. The van der Waals surface area contributed by atoms with E-state index in [1.165, 1.54) is 0 Å². The van der Waals surface area contributed by atoms with E-state index in [0.29, 0.717) is 12.8 Å². The van der Waals surface area contributed by atoms with Gasteiger partial charge in [0, 0.05) is 24.0 Å². The van der Waals surface area contributed by atoms with Crippen LogP contribution in [0, 0.1) is 0 Å². The van der Waals surface area contributed by atoms with Crippen LogP contribution in [-0.4, -0.2) is 23.2 Å². The molecule has 0 saturated carbocycles. The molecule has 0 unspecified atom stereocenters. The summed E-state index contributed by atoms with van der Waals surface area (Å²) in [5, 5.41) is 13.1. The minimum absolute atomic E-state index is 0.0967. The summed E-state index contributed by atoms with van der Waals surface area (Å²) < 4.78 is 0. The predicted molar refractivity (Wildman–Crippen MR) is 156 cm³/mol. The molecular formula is C32H34N4O2. The Hall–Kier alpha value is -4.32. The summed E-state index contributed by atoms with van der Waals surface area (Å²) in [4.78, 5) is 24.5. The molecule has 194 valence electrons. The van der Waals surface area contributed by atoms with Crippen molar-refractivity contribution in [1.29, 1.82) is 0 Å². The molecule has 6 heteroatoms. The van der Waals surface area contributed by atoms with Gasteiger partial charge in [0.15, 0.2) is 0 Å². The standard InChI is InChI=1S/C32H34N4O2/c1-23(27-19-11-15-25-13-7-9-17-29(25)27)33-35-31(37)21-5-3-4-6-22-32(38)36-34-24(2)28-20-12-16-26-14-8-10-18-30(26)28/h7-20H,3-6,21-22H2,1-2H3,(H,35,37)(H,36,38)/b33-23+,34-24+. The van der Waals surface area contributed by atoms with E-state index >= 15 is 0 Å². The van der Waals surface area contributed by atoms with E-state index in [9.17, 15) is 9.59 Å². The van der Waals surface area contributed by atoms with Crippen LogP contribution in [0.4, 0.5) is 0 Å². The van der Waals surface area contributed by atoms with Crippen molar-refractivity contribution >= 4 is 44.8 Å². The minimum atomic E-state index is -0.0967. The van der Waals surface area contributed by atoms with Gasteiger partial charge in [0.1, 0.15) is 0 Å². The molecule has 0 radical (unpaired) electrons. The monoisotopic (exact) mass is 506 g/mol. The number of hydrogen-bond acceptors (Lipinski definition) is 4. The van der Waals surface area contributed by atoms with E-state index in [4.69, 9.17) is 0 Å². The van der Waals surface area contributed by atoms with Crippen molar-refractivity contribution in [2.24, 2.45) is 10.2 Å². The third-order valence-electron chi connectivity index (χ3n) is 6.61. The highest BCUT2D eigenvalue weighted by Gasteiger charge is 2.07. The zero-order valence-corrected chi connectivity index (χ0v) is 22.0. The van der Waals surface area contributed by atoms with Gasteiger partial charge in [-0.1, -0.05) is 97.8 Å². The first-order valence-corrected chi connectivity index (χ1v) is 13.2. The molecule has 0 atom stereocenters. The summed E-state index contributed by atoms with van der Waals surface area (Å²) >= 11 is 0. The van der Waals surface area contributed by atoms with Crippen molar-refractivity contribution in [3.05, 3.63) is 96.1 Å². The number of rotatable bonds is 11. The smallest absolute Gasteiger partial charge is 0.240 e. The number of amides is 2. The maximum Gasteiger partial charge on any atom is 0.240 e. The second kappa shape index (κ2) is 13.3. The second-order valence-corrected chi connectivity index (χ2v) is 9.43. The van der Waals surface area contributed by atoms with Crippen LogP contribution < -0.4 is 10.9 Å². The number of nitrogens with one attached hydrogen (secondary N) is 2. The Morgan fingerprint density at radius 2 is 0.947 bits per heavy atom. The maximum absolute atomic E-state index is 12.2. The Bertz CT molecular complexity index is 1370. The molecule has 0 aromatic heterocycles. The van der Waals surface area contributed by atoms with Gasteiger partial charge in [-0.25, -0.2) is 10.9 Å². The van der Waals surface area contributed by atoms with Gasteiger partial charge >= 0.3 is 0 Å². The van der Waals surface area contributed by atoms with E-state index < -0.39 is 0 Å². The number of benzene rings is 4. The molecule has 38 heavy (non-hydrogen) atoms. The lowest BCUT2D eigenvalue weighted by molar-refractivity contribution is -0.122. The lowest BCUT2D eigenvalue weighted by Crippen LogP contribution is -2.19. The fourth-order valence-corrected chi connectivity index (χ4v) is 4.53. The summed E-state index contributed by atoms with van der Waals surface area (Å²) in [5.41, 5.74) is 8.93. The number of hydrazone groups is 2. The molecule has 0 aliphatic heterocycles. The summed E-state index contributed by atoms with van der Waals surface area (Å²) in [7, 11) is 0. The van der Waals surface area contributed by atoms with Crippen molar-refractivity contribution in [2.45, 2.75) is 52.4 Å². The van der Waals surface area contributed by atoms with Crippen LogP contribution in [0.25, 0.3) is 21.5 Å². The molecule has 0 aliphatic carbocycles. The topological polar surface area (TPSA) is 82.9 Å². The third kappa shape index (κ3) is 7.13. The number of unbranched alkanes of at least 4 members (excludes halogenated alkanes) is 3. The highest BCUT2D eigenvalue weighted by Crippen LogP contribution is 2.20. The summed E-state index contributed by atoms with van der Waals surface area (Å²) in [6, 6.07) is 28.4. The van der Waals surface area contributed by atoms with Crippen LogP contribution in [-0.2, 0) is 9.59 Å². The van der Waals surface area contributed by atoms with E-state index in [1.54, 1.807) is 0 Å². The average Bonchev–Trinajstić information content (AvgIpc) is 2.95. The second-order valence-electron chi connectivity index (χ2n) is 9.43. The van der Waals surface area contributed by atoms with Crippen molar-refractivity contribution < 1.29 is 9.59 Å². The van der Waals surface area contributed by atoms with Gasteiger partial charge in [0.05, 0.1) is 11.4 Å². The van der Waals surface area contributed by atoms with E-state index in [2.05, 4.69) is 57.5 Å². The normalized spacial score (nSPS) is 12.1. The Labute approximate surface area is 223 Å². The van der Waals surface area contributed by atoms with Crippen molar-refractivity contribution in [2.75, 3.05) is 0 Å². The number of fused-ring (bicyclic) bond motifs is 2. The van der Waals surface area contributed by atoms with Gasteiger partial charge < -0.3 is 0 Å². The average molecular weight is 507 g/mol. The van der Waals surface area contributed by atoms with Crippen LogP contribution in [0.3, 0.4) is 0 Å². The van der Waals surface area contributed by atoms with E-state index in [-0.39, 0.29) is 11.8 Å². The number of nitrogens with zero attached hydrogens (tertiary/aromatic N) is 2. The van der Waals surface area contributed by atoms with Crippen molar-refractivity contribution in [3.63, 3.8) is 0 Å². The molecule has 2 amide bonds. The molecule has 0 saturated heterocycles. The number of carbonyl (C=O) groups excluding carboxylic acids is 2. The Kier molecular flexibility index (Phi) is 9.35. The number of carbonyl (C=O) groups is 2. The molecule has 0 fully saturated rings. The minimum Gasteiger partial charge on any atom is -0.273 e. The fourth-order valence-electron chi connectivity index (χ4n) is 4.53. The highest BCUT2D eigenvalue weighted by molar-refractivity contribution is 6.10. The zero-order chi connectivity index (χ0) is 26.7. The van der Waals surface area contributed by atoms with Gasteiger partial charge in [0.25, 0.3) is 0 Å². The van der Waals surface area contributed by atoms with Crippen molar-refractivity contribution in [3.8, 4) is 0 Å². The molecule has 2 N–H and O–H groups in total. The molecule has 6 nitrogen and oxygen atoms in total. The first-order valence-electron chi connectivity index (χ1n) is 13.2. The van der Waals surface area contributed by atoms with Crippen LogP contribution in [0.5, 0.6) is 0 Å². The molecule has 4 rings (SSSR count). The van der Waals surface area contributed by atoms with Crippen LogP contribution in [0.15, 0.2) is 95.1 Å². The molecule has 0 heterocycles. The Balaban J connectivity index is 1.14. The zero-order valence-electron chi connectivity index (χ0n) is 22.0. The lowest BCUT2D eigenvalue weighted by atomic mass is 10.0. The highest BCUT2D eigenvalue weighted by atomic mass is 16.2. The first-order chi connectivity index (χ1) is 18.5. The summed E-state index contributed by atoms with van der Waals surface area (Å²) in [6.07, 6.45) is 4.10. The fraction of sp³-hybridized carbons (Fsp3) is 0.250. The van der Waals surface area contributed by atoms with Gasteiger partial charge in [-0.05, 0) is 48.2 Å². The van der Waals surface area contributed by atoms with Crippen LogP contribution in [0.1, 0.15) is 63.5 Å². The summed E-state index contributed by atoms with van der Waals surface area (Å²) in [5.74, 6) is -0.193. The predicted octanol–water partition coefficient (Wildman–Crippen LogP) is 6.71. The first kappa shape index (κ1) is 26.7. The third-order valence-corrected chi connectivity index (χ3v) is 6.61. The molecule has 0 aliphatic rings. The molecule has 0 spiro atoms. The van der Waals surface area contributed by atoms with Gasteiger partial charge in [-0.15, -0.1) is 0 Å². The van der Waals surface area contributed by atoms with Crippen molar-refractivity contribution in [1.82, 2.24) is 10.9 Å². The summed E-state index contributed by atoms with van der Waals surface area (Å²) in [6.45, 7) is 3.81. The SMILES string of the molecule is C/C(=N\NC(=O)CCCCCCC(=O)N/N=C(\C)c1cccc2ccccc12)c1cccc2ccccc12. The number of hydrogen-bond donors (Lipinski definition) is 2. The van der Waals surface area contributed by atoms with E-state index in [0.717, 1.165) is 69.8 Å². The van der Waals surface area contributed by atoms with Crippen LogP contribution in [0.2, 0.25) is 0 Å². The lowest BCUT2D eigenvalue weighted by Gasteiger charge is -2.07. The molecule has 4 aromatic rings. The Morgan fingerprint density at radius 3 is 1.39 bits per heavy atom. The van der Waals surface area contributed by atoms with E-state index in [1.807, 2.05) is 62.4 Å².